The maximum absolute atomic E-state index is 10.5. The van der Waals surface area contributed by atoms with Crippen LogP contribution in [0.4, 0.5) is 5.69 Å². The largest absolute Gasteiger partial charge is 0.326 e. The average Bonchev–Trinajstić information content (AvgIpc) is 2.16. The van der Waals surface area contributed by atoms with E-state index in [4.69, 9.17) is 11.0 Å². The molecular weight excluding hydrogens is 182 g/mol. The molecule has 0 saturated heterocycles. The molecule has 0 amide bonds. The molecule has 0 atom stereocenters. The van der Waals surface area contributed by atoms with Crippen molar-refractivity contribution in [2.24, 2.45) is 5.73 Å². The Kier molecular flexibility index (Phi) is 2.79. The van der Waals surface area contributed by atoms with Gasteiger partial charge >= 0.3 is 0 Å². The van der Waals surface area contributed by atoms with E-state index in [1.54, 1.807) is 6.92 Å². The molecule has 1 rings (SSSR count). The Balaban J connectivity index is 3.41. The first-order valence-corrected chi connectivity index (χ1v) is 3.98. The molecule has 0 fully saturated rings. The van der Waals surface area contributed by atoms with E-state index in [0.717, 1.165) is 0 Å². The topological polar surface area (TPSA) is 93.0 Å². The van der Waals surface area contributed by atoms with Gasteiger partial charge in [-0.2, -0.15) is 5.26 Å². The van der Waals surface area contributed by atoms with Gasteiger partial charge < -0.3 is 5.73 Å². The van der Waals surface area contributed by atoms with E-state index in [2.05, 4.69) is 0 Å². The predicted molar refractivity (Wildman–Crippen MR) is 50.4 cm³/mol. The van der Waals surface area contributed by atoms with Crippen LogP contribution in [0.25, 0.3) is 0 Å². The van der Waals surface area contributed by atoms with Crippen LogP contribution in [-0.2, 0) is 6.54 Å². The number of nitriles is 1. The van der Waals surface area contributed by atoms with E-state index in [0.29, 0.717) is 11.1 Å². The van der Waals surface area contributed by atoms with Crippen molar-refractivity contribution in [3.8, 4) is 6.07 Å². The van der Waals surface area contributed by atoms with Gasteiger partial charge in [0, 0.05) is 18.7 Å². The molecule has 5 heteroatoms. The maximum atomic E-state index is 10.5. The second-order valence-electron chi connectivity index (χ2n) is 2.86. The minimum absolute atomic E-state index is 0.0729. The Morgan fingerprint density at radius 1 is 1.64 bits per heavy atom. The second-order valence-corrected chi connectivity index (χ2v) is 2.86. The lowest BCUT2D eigenvalue weighted by Gasteiger charge is -2.04. The van der Waals surface area contributed by atoms with E-state index in [1.807, 2.05) is 6.07 Å². The molecule has 0 aliphatic carbocycles. The summed E-state index contributed by atoms with van der Waals surface area (Å²) in [7, 11) is 0. The number of nitrogens with two attached hydrogens (primary N) is 1. The van der Waals surface area contributed by atoms with Crippen LogP contribution in [0.5, 0.6) is 0 Å². The van der Waals surface area contributed by atoms with Crippen LogP contribution < -0.4 is 5.73 Å². The van der Waals surface area contributed by atoms with E-state index in [-0.39, 0.29) is 17.8 Å². The number of hydrogen-bond acceptors (Lipinski definition) is 4. The van der Waals surface area contributed by atoms with Gasteiger partial charge in [0.1, 0.15) is 0 Å². The van der Waals surface area contributed by atoms with Gasteiger partial charge in [0.25, 0.3) is 5.69 Å². The summed E-state index contributed by atoms with van der Waals surface area (Å²) in [5, 5.41) is 19.2. The standard InChI is InChI=1S/C9H9N3O2/c1-6-2-8(12(13)14)3-7(4-10)9(6)5-11/h2-3H,5,11H2,1H3. The lowest BCUT2D eigenvalue weighted by Crippen LogP contribution is -2.03. The predicted octanol–water partition coefficient (Wildman–Crippen LogP) is 1.23. The monoisotopic (exact) mass is 191 g/mol. The minimum atomic E-state index is -0.520. The number of hydrogen-bond donors (Lipinski definition) is 1. The number of nitro groups is 1. The number of aryl methyl sites for hydroxylation is 1. The molecule has 0 aliphatic heterocycles. The Labute approximate surface area is 80.9 Å². The first kappa shape index (κ1) is 10.2. The van der Waals surface area contributed by atoms with Crippen LogP contribution in [0.2, 0.25) is 0 Å². The Morgan fingerprint density at radius 2 is 2.29 bits per heavy atom. The molecule has 2 N–H and O–H groups in total. The van der Waals surface area contributed by atoms with Gasteiger partial charge in [0.15, 0.2) is 0 Å². The van der Waals surface area contributed by atoms with Crippen molar-refractivity contribution in [2.45, 2.75) is 13.5 Å². The fourth-order valence-electron chi connectivity index (χ4n) is 1.27. The fourth-order valence-corrected chi connectivity index (χ4v) is 1.27. The first-order chi connectivity index (χ1) is 6.60. The maximum Gasteiger partial charge on any atom is 0.271 e. The summed E-state index contributed by atoms with van der Waals surface area (Å²) in [6.45, 7) is 1.92. The summed E-state index contributed by atoms with van der Waals surface area (Å²) in [6.07, 6.45) is 0. The summed E-state index contributed by atoms with van der Waals surface area (Å²) >= 11 is 0. The smallest absolute Gasteiger partial charge is 0.271 e. The van der Waals surface area contributed by atoms with Crippen molar-refractivity contribution < 1.29 is 4.92 Å². The molecule has 0 radical (unpaired) electrons. The molecule has 1 aromatic carbocycles. The number of nitrogens with zero attached hydrogens (tertiary/aromatic N) is 2. The SMILES string of the molecule is Cc1cc([N+](=O)[O-])cc(C#N)c1CN. The number of rotatable bonds is 2. The summed E-state index contributed by atoms with van der Waals surface area (Å²) < 4.78 is 0. The van der Waals surface area contributed by atoms with E-state index in [9.17, 15) is 10.1 Å². The van der Waals surface area contributed by atoms with Crippen LogP contribution in [0.1, 0.15) is 16.7 Å². The lowest BCUT2D eigenvalue weighted by atomic mass is 10.0. The summed E-state index contributed by atoms with van der Waals surface area (Å²) in [4.78, 5) is 9.97. The molecule has 5 nitrogen and oxygen atoms in total. The third-order valence-corrected chi connectivity index (χ3v) is 1.99. The van der Waals surface area contributed by atoms with Crippen molar-refractivity contribution in [1.82, 2.24) is 0 Å². The molecule has 0 spiro atoms. The van der Waals surface area contributed by atoms with Crippen molar-refractivity contribution >= 4 is 5.69 Å². The Hall–Kier alpha value is -1.93. The van der Waals surface area contributed by atoms with Gasteiger partial charge in [-0.3, -0.25) is 10.1 Å². The zero-order chi connectivity index (χ0) is 10.7. The van der Waals surface area contributed by atoms with Gasteiger partial charge in [0.05, 0.1) is 16.6 Å². The van der Waals surface area contributed by atoms with Crippen molar-refractivity contribution in [3.05, 3.63) is 38.9 Å². The highest BCUT2D eigenvalue weighted by Crippen LogP contribution is 2.21. The molecule has 0 aromatic heterocycles. The third-order valence-electron chi connectivity index (χ3n) is 1.99. The van der Waals surface area contributed by atoms with Gasteiger partial charge in [-0.1, -0.05) is 0 Å². The lowest BCUT2D eigenvalue weighted by molar-refractivity contribution is -0.384. The summed E-state index contributed by atoms with van der Waals surface area (Å²) in [5.74, 6) is 0. The highest BCUT2D eigenvalue weighted by Gasteiger charge is 2.12. The van der Waals surface area contributed by atoms with E-state index >= 15 is 0 Å². The number of nitro benzene ring substituents is 1. The van der Waals surface area contributed by atoms with Crippen molar-refractivity contribution in [2.75, 3.05) is 0 Å². The van der Waals surface area contributed by atoms with E-state index < -0.39 is 4.92 Å². The zero-order valence-electron chi connectivity index (χ0n) is 7.65. The molecule has 0 aliphatic rings. The summed E-state index contributed by atoms with van der Waals surface area (Å²) in [5.41, 5.74) is 6.98. The molecule has 1 aromatic rings. The van der Waals surface area contributed by atoms with Gasteiger partial charge in [0.2, 0.25) is 0 Å². The fraction of sp³-hybridized carbons (Fsp3) is 0.222. The summed E-state index contributed by atoms with van der Waals surface area (Å²) in [6, 6.07) is 4.56. The normalized spacial score (nSPS) is 9.50. The van der Waals surface area contributed by atoms with Gasteiger partial charge in [-0.25, -0.2) is 0 Å². The zero-order valence-corrected chi connectivity index (χ0v) is 7.65. The molecule has 14 heavy (non-hydrogen) atoms. The van der Waals surface area contributed by atoms with Crippen LogP contribution in [0, 0.1) is 28.4 Å². The Morgan fingerprint density at radius 3 is 2.71 bits per heavy atom. The minimum Gasteiger partial charge on any atom is -0.326 e. The molecular formula is C9H9N3O2. The van der Waals surface area contributed by atoms with Gasteiger partial charge in [-0.15, -0.1) is 0 Å². The van der Waals surface area contributed by atoms with Crippen LogP contribution in [-0.4, -0.2) is 4.92 Å². The Bertz CT molecular complexity index is 421. The van der Waals surface area contributed by atoms with Crippen LogP contribution >= 0.6 is 0 Å². The highest BCUT2D eigenvalue weighted by atomic mass is 16.6. The molecule has 0 heterocycles. The van der Waals surface area contributed by atoms with Crippen molar-refractivity contribution in [1.29, 1.82) is 5.26 Å². The molecule has 0 bridgehead atoms. The quantitative estimate of drug-likeness (QED) is 0.562. The van der Waals surface area contributed by atoms with Gasteiger partial charge in [-0.05, 0) is 18.1 Å². The third kappa shape index (κ3) is 1.70. The van der Waals surface area contributed by atoms with E-state index in [1.165, 1.54) is 12.1 Å². The number of benzene rings is 1. The molecule has 72 valence electrons. The second kappa shape index (κ2) is 3.85. The van der Waals surface area contributed by atoms with Crippen LogP contribution in [0.3, 0.4) is 0 Å². The molecule has 0 unspecified atom stereocenters. The first-order valence-electron chi connectivity index (χ1n) is 3.98. The van der Waals surface area contributed by atoms with Crippen LogP contribution in [0.15, 0.2) is 12.1 Å². The van der Waals surface area contributed by atoms with Crippen molar-refractivity contribution in [3.63, 3.8) is 0 Å². The molecule has 0 saturated carbocycles. The highest BCUT2D eigenvalue weighted by molar-refractivity contribution is 5.50. The average molecular weight is 191 g/mol. The number of non-ortho nitro benzene ring substituents is 1.